The van der Waals surface area contributed by atoms with Crippen LogP contribution in [-0.2, 0) is 4.79 Å². The van der Waals surface area contributed by atoms with Crippen LogP contribution in [0.5, 0.6) is 0 Å². The van der Waals surface area contributed by atoms with Crippen molar-refractivity contribution < 1.29 is 4.79 Å². The Bertz CT molecular complexity index is 608. The molecule has 1 aromatic heterocycles. The molecule has 1 aliphatic heterocycles. The number of hydrogen-bond donors (Lipinski definition) is 1. The van der Waals surface area contributed by atoms with Crippen LogP contribution in [0.2, 0.25) is 0 Å². The summed E-state index contributed by atoms with van der Waals surface area (Å²) in [6.45, 7) is 1.90. The SMILES string of the molecule is CSCCC(=O)N[C@H]1CN(c2cc(C3CC3)ncn2)C[C@@H]1C1CC1.Cl. The molecule has 138 valence electrons. The van der Waals surface area contributed by atoms with Crippen molar-refractivity contribution in [3.8, 4) is 0 Å². The molecule has 1 aromatic rings. The number of rotatable bonds is 7. The summed E-state index contributed by atoms with van der Waals surface area (Å²) in [5, 5.41) is 3.30. The zero-order chi connectivity index (χ0) is 16.5. The second-order valence-corrected chi connectivity index (χ2v) is 8.38. The number of carbonyl (C=O) groups excluding carboxylic acids is 1. The van der Waals surface area contributed by atoms with Gasteiger partial charge in [0.2, 0.25) is 5.91 Å². The number of anilines is 1. The van der Waals surface area contributed by atoms with Crippen LogP contribution >= 0.6 is 24.2 Å². The van der Waals surface area contributed by atoms with Crippen molar-refractivity contribution >= 4 is 35.9 Å². The second-order valence-electron chi connectivity index (χ2n) is 7.40. The molecule has 2 aliphatic carbocycles. The molecule has 0 spiro atoms. The number of amides is 1. The highest BCUT2D eigenvalue weighted by atomic mass is 35.5. The third-order valence-electron chi connectivity index (χ3n) is 5.47. The van der Waals surface area contributed by atoms with E-state index in [9.17, 15) is 4.79 Å². The van der Waals surface area contributed by atoms with Gasteiger partial charge in [-0.25, -0.2) is 9.97 Å². The summed E-state index contributed by atoms with van der Waals surface area (Å²) in [7, 11) is 0. The van der Waals surface area contributed by atoms with Crippen molar-refractivity contribution in [2.24, 2.45) is 11.8 Å². The third-order valence-corrected chi connectivity index (χ3v) is 6.08. The van der Waals surface area contributed by atoms with E-state index in [2.05, 4.69) is 26.3 Å². The maximum Gasteiger partial charge on any atom is 0.221 e. The number of nitrogens with one attached hydrogen (secondary N) is 1. The molecular weight excluding hydrogens is 356 g/mol. The van der Waals surface area contributed by atoms with Crippen LogP contribution in [-0.4, -0.2) is 47.0 Å². The minimum absolute atomic E-state index is 0. The fourth-order valence-electron chi connectivity index (χ4n) is 3.78. The molecule has 4 rings (SSSR count). The van der Waals surface area contributed by atoms with E-state index >= 15 is 0 Å². The van der Waals surface area contributed by atoms with Crippen LogP contribution in [0, 0.1) is 11.8 Å². The van der Waals surface area contributed by atoms with Gasteiger partial charge in [-0.1, -0.05) is 0 Å². The van der Waals surface area contributed by atoms with Gasteiger partial charge >= 0.3 is 0 Å². The number of carbonyl (C=O) groups is 1. The minimum atomic E-state index is 0. The number of hydrogen-bond acceptors (Lipinski definition) is 5. The minimum Gasteiger partial charge on any atom is -0.354 e. The van der Waals surface area contributed by atoms with E-state index < -0.39 is 0 Å². The Morgan fingerprint density at radius 2 is 2.08 bits per heavy atom. The van der Waals surface area contributed by atoms with E-state index in [-0.39, 0.29) is 24.4 Å². The first-order valence-electron chi connectivity index (χ1n) is 9.10. The third kappa shape index (κ3) is 4.59. The van der Waals surface area contributed by atoms with E-state index in [1.807, 2.05) is 6.26 Å². The van der Waals surface area contributed by atoms with Gasteiger partial charge in [-0.05, 0) is 37.9 Å². The molecule has 2 heterocycles. The van der Waals surface area contributed by atoms with Crippen LogP contribution in [0.4, 0.5) is 5.82 Å². The molecule has 0 aromatic carbocycles. The Labute approximate surface area is 160 Å². The lowest BCUT2D eigenvalue weighted by atomic mass is 9.98. The van der Waals surface area contributed by atoms with Crippen molar-refractivity contribution in [3.05, 3.63) is 18.1 Å². The standard InChI is InChI=1S/C18H26N4OS.ClH/c1-24-7-6-18(23)21-16-10-22(9-14(16)12-2-3-12)17-8-15(13-4-5-13)19-11-20-17;/h8,11-14,16H,2-7,9-10H2,1H3,(H,21,23);1H/t14-,16+;/m1./s1. The van der Waals surface area contributed by atoms with Crippen molar-refractivity contribution in [2.75, 3.05) is 30.0 Å². The largest absolute Gasteiger partial charge is 0.354 e. The van der Waals surface area contributed by atoms with Crippen molar-refractivity contribution in [3.63, 3.8) is 0 Å². The van der Waals surface area contributed by atoms with E-state index in [1.165, 1.54) is 31.4 Å². The molecule has 2 atom stereocenters. The van der Waals surface area contributed by atoms with E-state index in [1.54, 1.807) is 18.1 Å². The van der Waals surface area contributed by atoms with Crippen LogP contribution < -0.4 is 10.2 Å². The fourth-order valence-corrected chi connectivity index (χ4v) is 4.17. The molecule has 5 nitrogen and oxygen atoms in total. The average Bonchev–Trinajstić information content (AvgIpc) is 3.51. The Hall–Kier alpha value is -1.01. The molecule has 3 aliphatic rings. The van der Waals surface area contributed by atoms with Crippen LogP contribution in [0.3, 0.4) is 0 Å². The Morgan fingerprint density at radius 3 is 2.76 bits per heavy atom. The summed E-state index contributed by atoms with van der Waals surface area (Å²) in [6, 6.07) is 2.44. The number of nitrogens with zero attached hydrogens (tertiary/aromatic N) is 3. The molecule has 25 heavy (non-hydrogen) atoms. The van der Waals surface area contributed by atoms with E-state index in [0.29, 0.717) is 18.3 Å². The monoisotopic (exact) mass is 382 g/mol. The van der Waals surface area contributed by atoms with Gasteiger partial charge in [-0.2, -0.15) is 11.8 Å². The summed E-state index contributed by atoms with van der Waals surface area (Å²) in [6.07, 6.45) is 9.52. The average molecular weight is 383 g/mol. The summed E-state index contributed by atoms with van der Waals surface area (Å²) in [4.78, 5) is 23.5. The topological polar surface area (TPSA) is 58.1 Å². The van der Waals surface area contributed by atoms with E-state index in [0.717, 1.165) is 30.6 Å². The molecule has 3 fully saturated rings. The number of aromatic nitrogens is 2. The van der Waals surface area contributed by atoms with Gasteiger partial charge in [-0.15, -0.1) is 12.4 Å². The first-order valence-corrected chi connectivity index (χ1v) is 10.5. The highest BCUT2D eigenvalue weighted by molar-refractivity contribution is 7.98. The Morgan fingerprint density at radius 1 is 1.28 bits per heavy atom. The molecule has 0 unspecified atom stereocenters. The summed E-state index contributed by atoms with van der Waals surface area (Å²) in [5.74, 6) is 4.14. The van der Waals surface area contributed by atoms with Crippen molar-refractivity contribution in [2.45, 2.75) is 44.1 Å². The molecule has 1 saturated heterocycles. The van der Waals surface area contributed by atoms with Gasteiger partial charge in [0.05, 0.1) is 6.04 Å². The second kappa shape index (κ2) is 8.12. The number of halogens is 1. The maximum absolute atomic E-state index is 12.2. The quantitative estimate of drug-likeness (QED) is 0.785. The van der Waals surface area contributed by atoms with Crippen molar-refractivity contribution in [1.29, 1.82) is 0 Å². The molecule has 0 radical (unpaired) electrons. The van der Waals surface area contributed by atoms with Gasteiger partial charge in [0.15, 0.2) is 0 Å². The normalized spacial score (nSPS) is 25.6. The van der Waals surface area contributed by atoms with Gasteiger partial charge in [-0.3, -0.25) is 4.79 Å². The zero-order valence-corrected chi connectivity index (χ0v) is 16.3. The van der Waals surface area contributed by atoms with Crippen molar-refractivity contribution in [1.82, 2.24) is 15.3 Å². The van der Waals surface area contributed by atoms with Crippen LogP contribution in [0.1, 0.15) is 43.7 Å². The van der Waals surface area contributed by atoms with Gasteiger partial charge < -0.3 is 10.2 Å². The lowest BCUT2D eigenvalue weighted by Crippen LogP contribution is -2.41. The summed E-state index contributed by atoms with van der Waals surface area (Å²) in [5.41, 5.74) is 1.19. The first kappa shape index (κ1) is 18.8. The highest BCUT2D eigenvalue weighted by Crippen LogP contribution is 2.43. The summed E-state index contributed by atoms with van der Waals surface area (Å²) >= 11 is 1.73. The highest BCUT2D eigenvalue weighted by Gasteiger charge is 2.43. The van der Waals surface area contributed by atoms with Crippen LogP contribution in [0.25, 0.3) is 0 Å². The van der Waals surface area contributed by atoms with Gasteiger partial charge in [0, 0.05) is 48.9 Å². The zero-order valence-electron chi connectivity index (χ0n) is 14.7. The lowest BCUT2D eigenvalue weighted by molar-refractivity contribution is -0.121. The predicted octanol–water partition coefficient (Wildman–Crippen LogP) is 2.86. The Balaban J connectivity index is 0.00000182. The molecular formula is C18H27ClN4OS. The van der Waals surface area contributed by atoms with E-state index in [4.69, 9.17) is 0 Å². The molecule has 1 amide bonds. The fraction of sp³-hybridized carbons (Fsp3) is 0.722. The van der Waals surface area contributed by atoms with Gasteiger partial charge in [0.25, 0.3) is 0 Å². The maximum atomic E-state index is 12.2. The van der Waals surface area contributed by atoms with Gasteiger partial charge in [0.1, 0.15) is 12.1 Å². The smallest absolute Gasteiger partial charge is 0.221 e. The Kier molecular flexibility index (Phi) is 6.10. The molecule has 1 N–H and O–H groups in total. The first-order chi connectivity index (χ1) is 11.7. The molecule has 2 saturated carbocycles. The molecule has 0 bridgehead atoms. The van der Waals surface area contributed by atoms with Crippen LogP contribution in [0.15, 0.2) is 12.4 Å². The number of thioether (sulfide) groups is 1. The lowest BCUT2D eigenvalue weighted by Gasteiger charge is -2.19. The molecule has 7 heteroatoms. The predicted molar refractivity (Wildman–Crippen MR) is 105 cm³/mol. The summed E-state index contributed by atoms with van der Waals surface area (Å²) < 4.78 is 0.